The van der Waals surface area contributed by atoms with E-state index >= 15 is 0 Å². The smallest absolute Gasteiger partial charge is 0.310 e. The molecule has 0 saturated carbocycles. The molecule has 2 rings (SSSR count). The number of benzene rings is 2. The van der Waals surface area contributed by atoms with E-state index in [0.717, 1.165) is 12.0 Å². The van der Waals surface area contributed by atoms with Crippen molar-refractivity contribution in [3.8, 4) is 5.75 Å². The molecule has 0 aliphatic rings. The second-order valence-corrected chi connectivity index (χ2v) is 5.41. The van der Waals surface area contributed by atoms with Gasteiger partial charge in [-0.15, -0.1) is 0 Å². The minimum atomic E-state index is -0.610. The van der Waals surface area contributed by atoms with Crippen LogP contribution < -0.4 is 10.1 Å². The van der Waals surface area contributed by atoms with Crippen LogP contribution in [0.25, 0.3) is 0 Å². The number of amides is 1. The molecule has 2 aromatic carbocycles. The Morgan fingerprint density at radius 2 is 1.76 bits per heavy atom. The lowest BCUT2D eigenvalue weighted by atomic mass is 10.1. The molecule has 0 bridgehead atoms. The third-order valence-electron chi connectivity index (χ3n) is 3.57. The lowest BCUT2D eigenvalue weighted by Gasteiger charge is -2.08. The Bertz CT molecular complexity index is 744. The van der Waals surface area contributed by atoms with E-state index in [1.807, 2.05) is 19.1 Å². The van der Waals surface area contributed by atoms with E-state index in [0.29, 0.717) is 11.3 Å². The molecule has 132 valence electrons. The molecule has 0 aliphatic carbocycles. The van der Waals surface area contributed by atoms with Gasteiger partial charge in [-0.05, 0) is 41.8 Å². The number of ether oxygens (including phenoxy) is 2. The number of carbonyl (C=O) groups is 2. The van der Waals surface area contributed by atoms with E-state index < -0.39 is 24.3 Å². The molecule has 0 spiro atoms. The molecular weight excluding hydrogens is 325 g/mol. The van der Waals surface area contributed by atoms with E-state index in [9.17, 15) is 14.0 Å². The first-order valence-electron chi connectivity index (χ1n) is 7.88. The molecule has 0 saturated heterocycles. The Labute approximate surface area is 145 Å². The van der Waals surface area contributed by atoms with Crippen molar-refractivity contribution in [1.29, 1.82) is 0 Å². The van der Waals surface area contributed by atoms with Crippen molar-refractivity contribution in [2.45, 2.75) is 19.8 Å². The summed E-state index contributed by atoms with van der Waals surface area (Å²) in [5, 5.41) is 2.64. The predicted octanol–water partition coefficient (Wildman–Crippen LogP) is 3.12. The lowest BCUT2D eigenvalue weighted by Crippen LogP contribution is -2.21. The Hall–Kier alpha value is -2.89. The van der Waals surface area contributed by atoms with E-state index in [2.05, 4.69) is 5.32 Å². The molecule has 0 aromatic heterocycles. The van der Waals surface area contributed by atoms with Gasteiger partial charge in [0.1, 0.15) is 0 Å². The van der Waals surface area contributed by atoms with Gasteiger partial charge in [0.25, 0.3) is 5.91 Å². The van der Waals surface area contributed by atoms with Crippen LogP contribution in [-0.2, 0) is 27.2 Å². The molecule has 0 radical (unpaired) electrons. The number of halogens is 1. The topological polar surface area (TPSA) is 64.6 Å². The summed E-state index contributed by atoms with van der Waals surface area (Å²) in [5.41, 5.74) is 2.24. The summed E-state index contributed by atoms with van der Waals surface area (Å²) in [7, 11) is 1.36. The highest BCUT2D eigenvalue weighted by atomic mass is 19.1. The highest BCUT2D eigenvalue weighted by Gasteiger charge is 2.11. The quantitative estimate of drug-likeness (QED) is 0.783. The van der Waals surface area contributed by atoms with Crippen molar-refractivity contribution in [2.75, 3.05) is 19.0 Å². The second kappa shape index (κ2) is 8.82. The van der Waals surface area contributed by atoms with Crippen molar-refractivity contribution >= 4 is 17.6 Å². The van der Waals surface area contributed by atoms with Crippen molar-refractivity contribution in [3.05, 3.63) is 59.4 Å². The number of rotatable bonds is 7. The number of carbonyl (C=O) groups excluding carboxylic acids is 2. The van der Waals surface area contributed by atoms with Gasteiger partial charge in [0.15, 0.2) is 18.2 Å². The van der Waals surface area contributed by atoms with E-state index in [1.54, 1.807) is 18.2 Å². The summed E-state index contributed by atoms with van der Waals surface area (Å²) >= 11 is 0. The van der Waals surface area contributed by atoms with Crippen molar-refractivity contribution in [1.82, 2.24) is 0 Å². The first kappa shape index (κ1) is 18.4. The molecule has 0 heterocycles. The largest absolute Gasteiger partial charge is 0.494 e. The molecular formula is C19H20FNO4. The number of hydrogen-bond acceptors (Lipinski definition) is 4. The van der Waals surface area contributed by atoms with Crippen molar-refractivity contribution < 1.29 is 23.5 Å². The van der Waals surface area contributed by atoms with Crippen LogP contribution in [0.5, 0.6) is 5.75 Å². The summed E-state index contributed by atoms with van der Waals surface area (Å²) in [6.07, 6.45) is 0.789. The number of esters is 1. The minimum absolute atomic E-state index is 0.102. The van der Waals surface area contributed by atoms with Gasteiger partial charge in [-0.25, -0.2) is 4.39 Å². The van der Waals surface area contributed by atoms with Crippen LogP contribution in [0, 0.1) is 5.82 Å². The Kier molecular flexibility index (Phi) is 6.51. The van der Waals surface area contributed by atoms with Gasteiger partial charge >= 0.3 is 5.97 Å². The summed E-state index contributed by atoms with van der Waals surface area (Å²) in [5.74, 6) is -1.49. The maximum absolute atomic E-state index is 13.6. The molecule has 0 aliphatic heterocycles. The first-order chi connectivity index (χ1) is 12.0. The van der Waals surface area contributed by atoms with Gasteiger partial charge in [-0.2, -0.15) is 0 Å². The third kappa shape index (κ3) is 5.60. The predicted molar refractivity (Wildman–Crippen MR) is 92.1 cm³/mol. The first-order valence-corrected chi connectivity index (χ1v) is 7.88. The monoisotopic (exact) mass is 345 g/mol. The van der Waals surface area contributed by atoms with E-state index in [1.165, 1.54) is 19.2 Å². The van der Waals surface area contributed by atoms with Crippen LogP contribution in [0.2, 0.25) is 0 Å². The summed E-state index contributed by atoms with van der Waals surface area (Å²) in [6.45, 7) is 1.65. The Morgan fingerprint density at radius 3 is 2.36 bits per heavy atom. The summed E-state index contributed by atoms with van der Waals surface area (Å²) < 4.78 is 23.3. The fourth-order valence-corrected chi connectivity index (χ4v) is 2.20. The standard InChI is InChI=1S/C19H20FNO4/c1-3-13-4-7-15(8-5-13)21-18(22)12-25-19(23)11-14-6-9-17(24-2)16(20)10-14/h4-10H,3,11-12H2,1-2H3,(H,21,22). The Balaban J connectivity index is 1.80. The Morgan fingerprint density at radius 1 is 1.08 bits per heavy atom. The van der Waals surface area contributed by atoms with Gasteiger partial charge in [0.05, 0.1) is 13.5 Å². The van der Waals surface area contributed by atoms with Crippen molar-refractivity contribution in [3.63, 3.8) is 0 Å². The number of aryl methyl sites for hydroxylation is 1. The molecule has 1 N–H and O–H groups in total. The minimum Gasteiger partial charge on any atom is -0.494 e. The highest BCUT2D eigenvalue weighted by molar-refractivity contribution is 5.92. The van der Waals surface area contributed by atoms with Crippen LogP contribution >= 0.6 is 0 Å². The highest BCUT2D eigenvalue weighted by Crippen LogP contribution is 2.18. The maximum Gasteiger partial charge on any atom is 0.310 e. The zero-order valence-electron chi connectivity index (χ0n) is 14.2. The number of methoxy groups -OCH3 is 1. The maximum atomic E-state index is 13.6. The molecule has 25 heavy (non-hydrogen) atoms. The van der Waals surface area contributed by atoms with Crippen LogP contribution in [0.3, 0.4) is 0 Å². The average Bonchev–Trinajstić information content (AvgIpc) is 2.61. The third-order valence-corrected chi connectivity index (χ3v) is 3.57. The molecule has 0 atom stereocenters. The molecule has 0 fully saturated rings. The number of nitrogens with one attached hydrogen (secondary N) is 1. The summed E-state index contributed by atoms with van der Waals surface area (Å²) in [4.78, 5) is 23.6. The van der Waals surface area contributed by atoms with Crippen LogP contribution in [0.4, 0.5) is 10.1 Å². The SMILES string of the molecule is CCc1ccc(NC(=O)COC(=O)Cc2ccc(OC)c(F)c2)cc1. The molecule has 2 aromatic rings. The zero-order chi connectivity index (χ0) is 18.2. The van der Waals surface area contributed by atoms with E-state index in [4.69, 9.17) is 9.47 Å². The van der Waals surface area contributed by atoms with Crippen LogP contribution in [-0.4, -0.2) is 25.6 Å². The lowest BCUT2D eigenvalue weighted by molar-refractivity contribution is -0.146. The molecule has 0 unspecified atom stereocenters. The van der Waals surface area contributed by atoms with E-state index in [-0.39, 0.29) is 12.2 Å². The summed E-state index contributed by atoms with van der Waals surface area (Å²) in [6, 6.07) is 11.6. The van der Waals surface area contributed by atoms with Gasteiger partial charge in [-0.1, -0.05) is 25.1 Å². The normalized spacial score (nSPS) is 10.2. The number of anilines is 1. The number of hydrogen-bond donors (Lipinski definition) is 1. The van der Waals surface area contributed by atoms with Gasteiger partial charge < -0.3 is 14.8 Å². The van der Waals surface area contributed by atoms with Crippen LogP contribution in [0.15, 0.2) is 42.5 Å². The van der Waals surface area contributed by atoms with Gasteiger partial charge in [-0.3, -0.25) is 9.59 Å². The zero-order valence-corrected chi connectivity index (χ0v) is 14.2. The van der Waals surface area contributed by atoms with Crippen molar-refractivity contribution in [2.24, 2.45) is 0 Å². The van der Waals surface area contributed by atoms with Gasteiger partial charge in [0, 0.05) is 5.69 Å². The fraction of sp³-hybridized carbons (Fsp3) is 0.263. The fourth-order valence-electron chi connectivity index (χ4n) is 2.20. The van der Waals surface area contributed by atoms with Crippen LogP contribution in [0.1, 0.15) is 18.1 Å². The molecule has 5 nitrogen and oxygen atoms in total. The molecule has 1 amide bonds. The van der Waals surface area contributed by atoms with Gasteiger partial charge in [0.2, 0.25) is 0 Å². The second-order valence-electron chi connectivity index (χ2n) is 5.41. The molecule has 6 heteroatoms. The average molecular weight is 345 g/mol.